The predicted molar refractivity (Wildman–Crippen MR) is 140 cm³/mol. The molecule has 8 nitrogen and oxygen atoms in total. The zero-order valence-corrected chi connectivity index (χ0v) is 23.6. The summed E-state index contributed by atoms with van der Waals surface area (Å²) in [7, 11) is -0.718. The lowest BCUT2D eigenvalue weighted by atomic mass is 9.84. The van der Waals surface area contributed by atoms with E-state index in [1.54, 1.807) is 6.07 Å². The molecule has 0 saturated carbocycles. The normalized spacial score (nSPS) is 21.7. The summed E-state index contributed by atoms with van der Waals surface area (Å²) in [5, 5.41) is 5.49. The van der Waals surface area contributed by atoms with Crippen molar-refractivity contribution >= 4 is 45.0 Å². The van der Waals surface area contributed by atoms with Crippen LogP contribution >= 0.6 is 23.2 Å². The van der Waals surface area contributed by atoms with Crippen molar-refractivity contribution in [1.29, 1.82) is 0 Å². The number of rotatable bonds is 6. The Bertz CT molecular complexity index is 1500. The van der Waals surface area contributed by atoms with Crippen LogP contribution in [-0.4, -0.2) is 68.1 Å². The van der Waals surface area contributed by atoms with E-state index in [-0.39, 0.29) is 30.8 Å². The maximum absolute atomic E-state index is 14.4. The van der Waals surface area contributed by atoms with E-state index in [4.69, 9.17) is 28.0 Å². The number of halogens is 6. The van der Waals surface area contributed by atoms with Gasteiger partial charge < -0.3 is 10.2 Å². The highest BCUT2D eigenvalue weighted by Gasteiger charge is 2.62. The minimum Gasteiger partial charge on any atom is -0.374 e. The fourth-order valence-electron chi connectivity index (χ4n) is 5.24. The Morgan fingerprint density at radius 2 is 1.77 bits per heavy atom. The zero-order valence-electron chi connectivity index (χ0n) is 21.3. The molecule has 1 N–H and O–H groups in total. The van der Waals surface area contributed by atoms with Gasteiger partial charge in [0.2, 0.25) is 0 Å². The number of fused-ring (bicyclic) bond motifs is 1. The van der Waals surface area contributed by atoms with Crippen molar-refractivity contribution in [3.8, 4) is 0 Å². The van der Waals surface area contributed by atoms with Crippen LogP contribution in [0.25, 0.3) is 0 Å². The third-order valence-electron chi connectivity index (χ3n) is 7.45. The summed E-state index contributed by atoms with van der Waals surface area (Å²) in [5.41, 5.74) is -1.16. The molecule has 1 saturated heterocycles. The minimum atomic E-state index is -4.94. The van der Waals surface area contributed by atoms with E-state index < -0.39 is 49.8 Å². The van der Waals surface area contributed by atoms with E-state index in [2.05, 4.69) is 10.5 Å². The monoisotopic (exact) mass is 622 g/mol. The summed E-state index contributed by atoms with van der Waals surface area (Å²) in [6.07, 6.45) is -3.89. The third kappa shape index (κ3) is 4.75. The molecule has 3 aliphatic rings. The quantitative estimate of drug-likeness (QED) is 0.381. The smallest absolute Gasteiger partial charge is 0.374 e. The van der Waals surface area contributed by atoms with Crippen LogP contribution in [0.3, 0.4) is 0 Å². The molecule has 2 aliphatic heterocycles. The Labute approximate surface area is 238 Å². The fraction of sp³-hybridized carbons (Fsp3) is 0.440. The van der Waals surface area contributed by atoms with Gasteiger partial charge in [0.25, 0.3) is 21.7 Å². The number of hydrogen-bond donors (Lipinski definition) is 1. The molecule has 15 heteroatoms. The molecule has 1 fully saturated rings. The summed E-state index contributed by atoms with van der Waals surface area (Å²) < 4.78 is 84.0. The Kier molecular flexibility index (Phi) is 7.35. The molecule has 0 aromatic heterocycles. The van der Waals surface area contributed by atoms with Crippen molar-refractivity contribution < 1.29 is 35.6 Å². The van der Waals surface area contributed by atoms with Crippen molar-refractivity contribution in [3.63, 3.8) is 0 Å². The Morgan fingerprint density at radius 1 is 1.15 bits per heavy atom. The van der Waals surface area contributed by atoms with Gasteiger partial charge in [-0.15, -0.1) is 0 Å². The lowest BCUT2D eigenvalue weighted by Gasteiger charge is -2.39. The number of carbonyl (C=O) groups excluding carboxylic acids is 1. The van der Waals surface area contributed by atoms with E-state index in [1.807, 2.05) is 0 Å². The summed E-state index contributed by atoms with van der Waals surface area (Å²) in [4.78, 5) is 18.2. The van der Waals surface area contributed by atoms with Crippen LogP contribution in [0.5, 0.6) is 0 Å². The second-order valence-electron chi connectivity index (χ2n) is 10.1. The summed E-state index contributed by atoms with van der Waals surface area (Å²) in [6.45, 7) is 0.273. The standard InChI is InChI=1S/C25H24Cl2F4N4O4S/c1-34(2)40(37,38)35-11-14(12-35)32-23(36)18-7-6-17(15-4-3-5-16(15)18)21-10-24(39-33-21,25(29,30)31)13-8-19(26)22(28)20(27)9-13/h6-9,14H,3-5,10-12H2,1-2H3,(H,32,36). The molecular weight excluding hydrogens is 599 g/mol. The fourth-order valence-corrected chi connectivity index (χ4v) is 6.92. The highest BCUT2D eigenvalue weighted by molar-refractivity contribution is 7.86. The number of amides is 1. The number of nitrogens with zero attached hydrogens (tertiary/aromatic N) is 3. The van der Waals surface area contributed by atoms with Gasteiger partial charge in [-0.3, -0.25) is 4.79 Å². The molecular formula is C25H24Cl2F4N4O4S. The van der Waals surface area contributed by atoms with Crippen molar-refractivity contribution in [1.82, 2.24) is 13.9 Å². The van der Waals surface area contributed by atoms with Gasteiger partial charge in [0.1, 0.15) is 0 Å². The maximum Gasteiger partial charge on any atom is 0.435 e. The molecule has 1 atom stereocenters. The molecule has 2 heterocycles. The van der Waals surface area contributed by atoms with Crippen LogP contribution in [0, 0.1) is 5.82 Å². The molecule has 0 radical (unpaired) electrons. The first-order chi connectivity index (χ1) is 18.7. The van der Waals surface area contributed by atoms with E-state index in [0.29, 0.717) is 41.5 Å². The molecule has 1 aliphatic carbocycles. The van der Waals surface area contributed by atoms with Gasteiger partial charge in [0.15, 0.2) is 5.82 Å². The SMILES string of the molecule is CN(C)S(=O)(=O)N1CC(NC(=O)c2ccc(C3=NOC(c4cc(Cl)c(F)c(Cl)c4)(C(F)(F)F)C3)c3c2CCC3)C1. The van der Waals surface area contributed by atoms with Crippen LogP contribution in [0.1, 0.15) is 45.5 Å². The van der Waals surface area contributed by atoms with Crippen molar-refractivity contribution in [2.45, 2.75) is 43.5 Å². The first-order valence-corrected chi connectivity index (χ1v) is 14.4. The average molecular weight is 623 g/mol. The number of hydrogen-bond acceptors (Lipinski definition) is 5. The zero-order chi connectivity index (χ0) is 29.2. The topological polar surface area (TPSA) is 91.3 Å². The molecule has 5 rings (SSSR count). The number of benzene rings is 2. The lowest BCUT2D eigenvalue weighted by Crippen LogP contribution is -2.62. The highest BCUT2D eigenvalue weighted by atomic mass is 35.5. The van der Waals surface area contributed by atoms with Gasteiger partial charge in [-0.2, -0.15) is 30.2 Å². The molecule has 216 valence electrons. The molecule has 2 aromatic rings. The van der Waals surface area contributed by atoms with Crippen LogP contribution in [-0.2, 0) is 33.5 Å². The van der Waals surface area contributed by atoms with Gasteiger partial charge in [-0.05, 0) is 48.6 Å². The number of oxime groups is 1. The van der Waals surface area contributed by atoms with E-state index in [9.17, 15) is 30.8 Å². The second-order valence-corrected chi connectivity index (χ2v) is 13.1. The summed E-state index contributed by atoms with van der Waals surface area (Å²) in [5.74, 6) is -1.43. The van der Waals surface area contributed by atoms with Crippen LogP contribution in [0.2, 0.25) is 10.0 Å². The van der Waals surface area contributed by atoms with Crippen LogP contribution in [0.15, 0.2) is 29.4 Å². The van der Waals surface area contributed by atoms with Gasteiger partial charge in [0, 0.05) is 50.3 Å². The van der Waals surface area contributed by atoms with Gasteiger partial charge in [0.05, 0.1) is 21.8 Å². The number of nitrogens with one attached hydrogen (secondary N) is 1. The van der Waals surface area contributed by atoms with E-state index in [1.165, 1.54) is 24.5 Å². The van der Waals surface area contributed by atoms with E-state index in [0.717, 1.165) is 16.4 Å². The maximum atomic E-state index is 14.4. The highest BCUT2D eigenvalue weighted by Crippen LogP contribution is 2.50. The molecule has 1 amide bonds. The third-order valence-corrected chi connectivity index (χ3v) is 9.87. The van der Waals surface area contributed by atoms with Crippen molar-refractivity contribution in [3.05, 3.63) is 67.9 Å². The number of carbonyl (C=O) groups is 1. The second kappa shape index (κ2) is 10.1. The molecule has 1 unspecified atom stereocenters. The van der Waals surface area contributed by atoms with Crippen molar-refractivity contribution in [2.24, 2.45) is 5.16 Å². The molecule has 0 spiro atoms. The Hall–Kier alpha value is -2.45. The first kappa shape index (κ1) is 29.1. The molecule has 40 heavy (non-hydrogen) atoms. The number of alkyl halides is 3. The Balaban J connectivity index is 1.39. The van der Waals surface area contributed by atoms with Crippen molar-refractivity contribution in [2.75, 3.05) is 27.2 Å². The van der Waals surface area contributed by atoms with Crippen LogP contribution in [0.4, 0.5) is 17.6 Å². The van der Waals surface area contributed by atoms with Gasteiger partial charge >= 0.3 is 6.18 Å². The molecule has 2 aromatic carbocycles. The summed E-state index contributed by atoms with van der Waals surface area (Å²) >= 11 is 11.6. The largest absolute Gasteiger partial charge is 0.435 e. The Morgan fingerprint density at radius 3 is 2.38 bits per heavy atom. The minimum absolute atomic E-state index is 0.0301. The predicted octanol–water partition coefficient (Wildman–Crippen LogP) is 4.42. The summed E-state index contributed by atoms with van der Waals surface area (Å²) in [6, 6.07) is 4.37. The lowest BCUT2D eigenvalue weighted by molar-refractivity contribution is -0.275. The van der Waals surface area contributed by atoms with Gasteiger partial charge in [-0.25, -0.2) is 4.39 Å². The van der Waals surface area contributed by atoms with Gasteiger partial charge in [-0.1, -0.05) is 34.4 Å². The molecule has 0 bridgehead atoms. The first-order valence-electron chi connectivity index (χ1n) is 12.3. The van der Waals surface area contributed by atoms with Crippen LogP contribution < -0.4 is 5.32 Å². The average Bonchev–Trinajstić information content (AvgIpc) is 3.51. The van der Waals surface area contributed by atoms with E-state index >= 15 is 0 Å².